The zero-order chi connectivity index (χ0) is 15.3. The van der Waals surface area contributed by atoms with Gasteiger partial charge in [0.1, 0.15) is 18.7 Å². The normalized spacial score (nSPS) is 11.1. The number of hydrogen-bond acceptors (Lipinski definition) is 5. The Labute approximate surface area is 149 Å². The molecule has 0 aliphatic rings. The molecule has 0 aliphatic carbocycles. The van der Waals surface area contributed by atoms with Crippen LogP contribution in [-0.2, 0) is 23.1 Å². The van der Waals surface area contributed by atoms with E-state index in [0.29, 0.717) is 26.4 Å². The van der Waals surface area contributed by atoms with E-state index in [4.69, 9.17) is 9.47 Å². The smallest absolute Gasteiger partial charge is 0.191 e. The zero-order valence-electron chi connectivity index (χ0n) is 13.5. The van der Waals surface area contributed by atoms with Crippen LogP contribution >= 0.6 is 24.0 Å². The summed E-state index contributed by atoms with van der Waals surface area (Å²) in [5.74, 6) is 1.60. The molecule has 1 rings (SSSR count). The van der Waals surface area contributed by atoms with Gasteiger partial charge in [0.2, 0.25) is 0 Å². The van der Waals surface area contributed by atoms with Crippen molar-refractivity contribution in [2.24, 2.45) is 12.0 Å². The van der Waals surface area contributed by atoms with Crippen molar-refractivity contribution in [2.45, 2.75) is 19.9 Å². The first-order valence-corrected chi connectivity index (χ1v) is 7.19. The van der Waals surface area contributed by atoms with Crippen molar-refractivity contribution in [1.82, 2.24) is 25.4 Å². The van der Waals surface area contributed by atoms with E-state index in [-0.39, 0.29) is 24.0 Å². The highest BCUT2D eigenvalue weighted by molar-refractivity contribution is 14.0. The molecule has 0 saturated heterocycles. The van der Waals surface area contributed by atoms with Crippen LogP contribution in [0.5, 0.6) is 0 Å². The van der Waals surface area contributed by atoms with E-state index in [2.05, 4.69) is 25.7 Å². The van der Waals surface area contributed by atoms with E-state index < -0.39 is 0 Å². The van der Waals surface area contributed by atoms with Gasteiger partial charge in [0.15, 0.2) is 5.96 Å². The van der Waals surface area contributed by atoms with Crippen LogP contribution < -0.4 is 10.6 Å². The van der Waals surface area contributed by atoms with Gasteiger partial charge in [-0.25, -0.2) is 9.98 Å². The Morgan fingerprint density at radius 2 is 2.14 bits per heavy atom. The molecule has 9 heteroatoms. The van der Waals surface area contributed by atoms with Crippen molar-refractivity contribution in [1.29, 1.82) is 0 Å². The second kappa shape index (κ2) is 13.7. The lowest BCUT2D eigenvalue weighted by Crippen LogP contribution is -2.38. The Bertz CT molecular complexity index is 413. The summed E-state index contributed by atoms with van der Waals surface area (Å²) in [6.45, 7) is 6.13. The Morgan fingerprint density at radius 3 is 2.77 bits per heavy atom. The van der Waals surface area contributed by atoms with E-state index in [1.165, 1.54) is 6.33 Å². The maximum atomic E-state index is 5.40. The summed E-state index contributed by atoms with van der Waals surface area (Å²) in [6.07, 6.45) is 2.45. The van der Waals surface area contributed by atoms with Crippen LogP contribution in [0, 0.1) is 0 Å². The summed E-state index contributed by atoms with van der Waals surface area (Å²) in [7, 11) is 3.52. The summed E-state index contributed by atoms with van der Waals surface area (Å²) in [5, 5.41) is 10.5. The highest BCUT2D eigenvalue weighted by atomic mass is 127. The van der Waals surface area contributed by atoms with Crippen LogP contribution in [-0.4, -0.2) is 60.7 Å². The van der Waals surface area contributed by atoms with Crippen molar-refractivity contribution < 1.29 is 9.47 Å². The van der Waals surface area contributed by atoms with Crippen LogP contribution in [0.25, 0.3) is 0 Å². The van der Waals surface area contributed by atoms with E-state index in [1.54, 1.807) is 11.8 Å². The number of halogens is 1. The fourth-order valence-corrected chi connectivity index (χ4v) is 1.58. The summed E-state index contributed by atoms with van der Waals surface area (Å²) < 4.78 is 12.0. The highest BCUT2D eigenvalue weighted by Gasteiger charge is 2.01. The molecule has 0 aromatic carbocycles. The standard InChI is InChI=1S/C13H26N6O2.HI/c1-4-14-13(15-6-5-7-21-9-8-20-3)16-10-12-17-11-18-19(12)2;/h11H,4-10H2,1-3H3,(H2,14,15,16);1H. The van der Waals surface area contributed by atoms with Crippen LogP contribution in [0.15, 0.2) is 11.3 Å². The molecule has 0 aliphatic heterocycles. The number of aromatic nitrogens is 3. The van der Waals surface area contributed by atoms with Crippen molar-refractivity contribution in [3.05, 3.63) is 12.2 Å². The lowest BCUT2D eigenvalue weighted by atomic mass is 10.4. The van der Waals surface area contributed by atoms with Gasteiger partial charge < -0.3 is 20.1 Å². The first-order chi connectivity index (χ1) is 10.3. The molecule has 8 nitrogen and oxygen atoms in total. The summed E-state index contributed by atoms with van der Waals surface area (Å²) in [6, 6.07) is 0. The van der Waals surface area contributed by atoms with Gasteiger partial charge >= 0.3 is 0 Å². The number of nitrogens with zero attached hydrogens (tertiary/aromatic N) is 4. The lowest BCUT2D eigenvalue weighted by molar-refractivity contribution is 0.0698. The summed E-state index contributed by atoms with van der Waals surface area (Å²) in [4.78, 5) is 8.62. The van der Waals surface area contributed by atoms with Crippen molar-refractivity contribution in [3.63, 3.8) is 0 Å². The molecule has 128 valence electrons. The summed E-state index contributed by atoms with van der Waals surface area (Å²) in [5.41, 5.74) is 0. The number of guanidine groups is 1. The third-order valence-electron chi connectivity index (χ3n) is 2.72. The average Bonchev–Trinajstić information content (AvgIpc) is 2.89. The first-order valence-electron chi connectivity index (χ1n) is 7.19. The first kappa shape index (κ1) is 21.1. The third kappa shape index (κ3) is 9.15. The monoisotopic (exact) mass is 426 g/mol. The SMILES string of the molecule is CCNC(=NCc1ncnn1C)NCCCOCCOC.I. The van der Waals surface area contributed by atoms with E-state index in [1.807, 2.05) is 14.0 Å². The molecule has 0 saturated carbocycles. The van der Waals surface area contributed by atoms with Crippen molar-refractivity contribution in [3.8, 4) is 0 Å². The van der Waals surface area contributed by atoms with E-state index in [0.717, 1.165) is 31.3 Å². The second-order valence-electron chi connectivity index (χ2n) is 4.38. The Morgan fingerprint density at radius 1 is 1.32 bits per heavy atom. The molecule has 1 heterocycles. The summed E-state index contributed by atoms with van der Waals surface area (Å²) >= 11 is 0. The zero-order valence-corrected chi connectivity index (χ0v) is 15.9. The van der Waals surface area contributed by atoms with Crippen LogP contribution in [0.3, 0.4) is 0 Å². The van der Waals surface area contributed by atoms with Gasteiger partial charge in [-0.15, -0.1) is 24.0 Å². The molecule has 22 heavy (non-hydrogen) atoms. The molecular weight excluding hydrogens is 399 g/mol. The molecule has 0 spiro atoms. The Kier molecular flexibility index (Phi) is 13.1. The number of methoxy groups -OCH3 is 1. The van der Waals surface area contributed by atoms with Gasteiger partial charge in [-0.2, -0.15) is 5.10 Å². The molecule has 0 fully saturated rings. The molecular formula is C13H27IN6O2. The number of nitrogens with one attached hydrogen (secondary N) is 2. The van der Waals surface area contributed by atoms with Gasteiger partial charge in [0, 0.05) is 33.9 Å². The van der Waals surface area contributed by atoms with E-state index in [9.17, 15) is 0 Å². The predicted molar refractivity (Wildman–Crippen MR) is 96.5 cm³/mol. The fraction of sp³-hybridized carbons (Fsp3) is 0.769. The minimum atomic E-state index is 0. The molecule has 0 amide bonds. The number of rotatable bonds is 10. The topological polar surface area (TPSA) is 85.6 Å². The van der Waals surface area contributed by atoms with Gasteiger partial charge in [-0.05, 0) is 13.3 Å². The molecule has 1 aromatic rings. The fourth-order valence-electron chi connectivity index (χ4n) is 1.58. The van der Waals surface area contributed by atoms with E-state index >= 15 is 0 Å². The molecule has 1 aromatic heterocycles. The molecule has 2 N–H and O–H groups in total. The Hall–Kier alpha value is -0.940. The molecule has 0 atom stereocenters. The second-order valence-corrected chi connectivity index (χ2v) is 4.38. The van der Waals surface area contributed by atoms with Gasteiger partial charge in [-0.3, -0.25) is 4.68 Å². The number of hydrogen-bond donors (Lipinski definition) is 2. The largest absolute Gasteiger partial charge is 0.382 e. The minimum Gasteiger partial charge on any atom is -0.382 e. The third-order valence-corrected chi connectivity index (χ3v) is 2.72. The van der Waals surface area contributed by atoms with Crippen LogP contribution in [0.2, 0.25) is 0 Å². The maximum absolute atomic E-state index is 5.40. The van der Waals surface area contributed by atoms with Gasteiger partial charge in [-0.1, -0.05) is 0 Å². The number of aryl methyl sites for hydroxylation is 1. The quantitative estimate of drug-likeness (QED) is 0.246. The van der Waals surface area contributed by atoms with Crippen molar-refractivity contribution in [2.75, 3.05) is 40.0 Å². The molecule has 0 radical (unpaired) electrons. The minimum absolute atomic E-state index is 0. The Balaban J connectivity index is 0.00000441. The molecule has 0 unspecified atom stereocenters. The predicted octanol–water partition coefficient (Wildman–Crippen LogP) is 0.541. The van der Waals surface area contributed by atoms with Crippen LogP contribution in [0.4, 0.5) is 0 Å². The highest BCUT2D eigenvalue weighted by Crippen LogP contribution is 1.93. The average molecular weight is 426 g/mol. The molecule has 0 bridgehead atoms. The van der Waals surface area contributed by atoms with Crippen molar-refractivity contribution >= 4 is 29.9 Å². The lowest BCUT2D eigenvalue weighted by Gasteiger charge is -2.11. The maximum Gasteiger partial charge on any atom is 0.191 e. The number of aliphatic imine (C=N–C) groups is 1. The van der Waals surface area contributed by atoms with Gasteiger partial charge in [0.05, 0.1) is 13.2 Å². The van der Waals surface area contributed by atoms with Gasteiger partial charge in [0.25, 0.3) is 0 Å². The van der Waals surface area contributed by atoms with Crippen LogP contribution in [0.1, 0.15) is 19.2 Å². The number of ether oxygens (including phenoxy) is 2.